The largest absolute Gasteiger partial charge is 0.348 e. The smallest absolute Gasteiger partial charge is 0.246 e. The van der Waals surface area contributed by atoms with Gasteiger partial charge in [0, 0.05) is 18.2 Å². The molecule has 0 atom stereocenters. The summed E-state index contributed by atoms with van der Waals surface area (Å²) in [6.07, 6.45) is 2.56. The summed E-state index contributed by atoms with van der Waals surface area (Å²) in [7, 11) is 0. The molecule has 0 unspecified atom stereocenters. The summed E-state index contributed by atoms with van der Waals surface area (Å²) in [5.41, 5.74) is 1.00. The van der Waals surface area contributed by atoms with E-state index in [0.717, 1.165) is 12.5 Å². The van der Waals surface area contributed by atoms with Crippen LogP contribution in [0.2, 0.25) is 0 Å². The number of halogens is 2. The van der Waals surface area contributed by atoms with E-state index in [0.29, 0.717) is 11.1 Å². The molecule has 1 aromatic carbocycles. The van der Waals surface area contributed by atoms with Crippen molar-refractivity contribution in [2.45, 2.75) is 26.8 Å². The molecule has 0 spiro atoms. The maximum atomic E-state index is 12.9. The third kappa shape index (κ3) is 4.34. The zero-order valence-electron chi connectivity index (χ0n) is 9.89. The lowest BCUT2D eigenvalue weighted by molar-refractivity contribution is -0.117. The van der Waals surface area contributed by atoms with Gasteiger partial charge in [-0.15, -0.1) is 0 Å². The molecule has 0 aliphatic carbocycles. The first kappa shape index (κ1) is 13.4. The number of benzene rings is 1. The standard InChI is InChI=1S/C13H15F2NO/c1-3-4-9(2)13(17)16-8-10-5-11(14)7-12(15)6-10/h4-7H,3,8H2,1-2H3,(H,16,17)/b9-4+. The van der Waals surface area contributed by atoms with E-state index < -0.39 is 11.6 Å². The Bertz CT molecular complexity index is 421. The van der Waals surface area contributed by atoms with Crippen molar-refractivity contribution in [3.05, 3.63) is 47.0 Å². The minimum Gasteiger partial charge on any atom is -0.348 e. The lowest BCUT2D eigenvalue weighted by Gasteiger charge is -2.06. The van der Waals surface area contributed by atoms with Crippen LogP contribution >= 0.6 is 0 Å². The van der Waals surface area contributed by atoms with E-state index in [1.54, 1.807) is 13.0 Å². The van der Waals surface area contributed by atoms with Gasteiger partial charge in [0.1, 0.15) is 11.6 Å². The summed E-state index contributed by atoms with van der Waals surface area (Å²) in [5.74, 6) is -1.51. The SMILES string of the molecule is CC/C=C(\C)C(=O)NCc1cc(F)cc(F)c1. The number of carbonyl (C=O) groups excluding carboxylic acids is 1. The molecule has 1 aromatic rings. The Morgan fingerprint density at radius 2 is 1.88 bits per heavy atom. The first-order valence-corrected chi connectivity index (χ1v) is 5.43. The van der Waals surface area contributed by atoms with Crippen LogP contribution in [0.4, 0.5) is 8.78 Å². The van der Waals surface area contributed by atoms with Crippen LogP contribution in [0.5, 0.6) is 0 Å². The summed E-state index contributed by atoms with van der Waals surface area (Å²) < 4.78 is 25.7. The van der Waals surface area contributed by atoms with Crippen LogP contribution in [0.1, 0.15) is 25.8 Å². The van der Waals surface area contributed by atoms with Gasteiger partial charge in [0.05, 0.1) is 0 Å². The van der Waals surface area contributed by atoms with E-state index >= 15 is 0 Å². The van der Waals surface area contributed by atoms with E-state index in [9.17, 15) is 13.6 Å². The van der Waals surface area contributed by atoms with Crippen molar-refractivity contribution < 1.29 is 13.6 Å². The molecule has 0 bridgehead atoms. The van der Waals surface area contributed by atoms with Gasteiger partial charge in [-0.2, -0.15) is 0 Å². The van der Waals surface area contributed by atoms with Crippen LogP contribution in [-0.2, 0) is 11.3 Å². The predicted molar refractivity (Wildman–Crippen MR) is 62.3 cm³/mol. The van der Waals surface area contributed by atoms with Crippen LogP contribution in [0.25, 0.3) is 0 Å². The van der Waals surface area contributed by atoms with Crippen LogP contribution in [-0.4, -0.2) is 5.91 Å². The Morgan fingerprint density at radius 3 is 2.41 bits per heavy atom. The lowest BCUT2D eigenvalue weighted by atomic mass is 10.2. The van der Waals surface area contributed by atoms with Gasteiger partial charge in [0.15, 0.2) is 0 Å². The van der Waals surface area contributed by atoms with Gasteiger partial charge in [-0.05, 0) is 31.0 Å². The quantitative estimate of drug-likeness (QED) is 0.804. The molecule has 0 radical (unpaired) electrons. The molecule has 1 N–H and O–H groups in total. The second-order valence-electron chi connectivity index (χ2n) is 3.76. The molecule has 4 heteroatoms. The molecule has 0 fully saturated rings. The highest BCUT2D eigenvalue weighted by molar-refractivity contribution is 5.92. The normalized spacial score (nSPS) is 11.4. The molecule has 1 amide bonds. The van der Waals surface area contributed by atoms with Crippen LogP contribution in [0.3, 0.4) is 0 Å². The van der Waals surface area contributed by atoms with Gasteiger partial charge in [0.2, 0.25) is 5.91 Å². The number of amides is 1. The molecule has 2 nitrogen and oxygen atoms in total. The number of rotatable bonds is 4. The molecule has 0 aliphatic heterocycles. The highest BCUT2D eigenvalue weighted by Gasteiger charge is 2.05. The molecular weight excluding hydrogens is 224 g/mol. The van der Waals surface area contributed by atoms with Crippen LogP contribution < -0.4 is 5.32 Å². The Balaban J connectivity index is 2.61. The van der Waals surface area contributed by atoms with E-state index in [2.05, 4.69) is 5.32 Å². The third-order valence-electron chi connectivity index (χ3n) is 2.24. The van der Waals surface area contributed by atoms with Gasteiger partial charge in [-0.1, -0.05) is 13.0 Å². The Labute approximate surface area is 99.3 Å². The number of carbonyl (C=O) groups is 1. The summed E-state index contributed by atoms with van der Waals surface area (Å²) >= 11 is 0. The maximum Gasteiger partial charge on any atom is 0.246 e. The molecule has 0 saturated carbocycles. The van der Waals surface area contributed by atoms with Crippen molar-refractivity contribution in [3.8, 4) is 0 Å². The fourth-order valence-corrected chi connectivity index (χ4v) is 1.43. The Kier molecular flexibility index (Phi) is 4.82. The van der Waals surface area contributed by atoms with Crippen molar-refractivity contribution in [2.24, 2.45) is 0 Å². The molecule has 17 heavy (non-hydrogen) atoms. The average Bonchev–Trinajstić information content (AvgIpc) is 2.25. The predicted octanol–water partition coefficient (Wildman–Crippen LogP) is 2.94. The summed E-state index contributed by atoms with van der Waals surface area (Å²) in [6, 6.07) is 3.19. The fraction of sp³-hybridized carbons (Fsp3) is 0.308. The number of hydrogen-bond donors (Lipinski definition) is 1. The summed E-state index contributed by atoms with van der Waals surface area (Å²) in [4.78, 5) is 11.5. The molecule has 0 aromatic heterocycles. The summed E-state index contributed by atoms with van der Waals surface area (Å²) in [5, 5.41) is 2.60. The highest BCUT2D eigenvalue weighted by atomic mass is 19.1. The van der Waals surface area contributed by atoms with Crippen molar-refractivity contribution in [1.82, 2.24) is 5.32 Å². The number of hydrogen-bond acceptors (Lipinski definition) is 1. The van der Waals surface area contributed by atoms with Gasteiger partial charge in [-0.25, -0.2) is 8.78 Å². The Morgan fingerprint density at radius 1 is 1.29 bits per heavy atom. The van der Waals surface area contributed by atoms with Crippen molar-refractivity contribution >= 4 is 5.91 Å². The first-order valence-electron chi connectivity index (χ1n) is 5.43. The fourth-order valence-electron chi connectivity index (χ4n) is 1.43. The maximum absolute atomic E-state index is 12.9. The molecule has 0 aliphatic rings. The second kappa shape index (κ2) is 6.13. The van der Waals surface area contributed by atoms with Crippen molar-refractivity contribution in [1.29, 1.82) is 0 Å². The van der Waals surface area contributed by atoms with Crippen LogP contribution in [0.15, 0.2) is 29.8 Å². The number of allylic oxidation sites excluding steroid dienone is 1. The lowest BCUT2D eigenvalue weighted by Crippen LogP contribution is -2.23. The van der Waals surface area contributed by atoms with E-state index in [4.69, 9.17) is 0 Å². The Hall–Kier alpha value is -1.71. The van der Waals surface area contributed by atoms with Gasteiger partial charge in [0.25, 0.3) is 0 Å². The van der Waals surface area contributed by atoms with Gasteiger partial charge >= 0.3 is 0 Å². The monoisotopic (exact) mass is 239 g/mol. The number of nitrogens with one attached hydrogen (secondary N) is 1. The average molecular weight is 239 g/mol. The van der Waals surface area contributed by atoms with Crippen LogP contribution in [0, 0.1) is 11.6 Å². The molecular formula is C13H15F2NO. The van der Waals surface area contributed by atoms with Crippen molar-refractivity contribution in [3.63, 3.8) is 0 Å². The zero-order valence-corrected chi connectivity index (χ0v) is 9.89. The molecule has 0 saturated heterocycles. The third-order valence-corrected chi connectivity index (χ3v) is 2.24. The minimum atomic E-state index is -0.643. The van der Waals surface area contributed by atoms with Gasteiger partial charge in [-0.3, -0.25) is 4.79 Å². The molecule has 1 rings (SSSR count). The minimum absolute atomic E-state index is 0.113. The topological polar surface area (TPSA) is 29.1 Å². The highest BCUT2D eigenvalue weighted by Crippen LogP contribution is 2.07. The second-order valence-corrected chi connectivity index (χ2v) is 3.76. The van der Waals surface area contributed by atoms with E-state index in [1.165, 1.54) is 12.1 Å². The zero-order chi connectivity index (χ0) is 12.8. The summed E-state index contributed by atoms with van der Waals surface area (Å²) in [6.45, 7) is 3.74. The molecule has 0 heterocycles. The van der Waals surface area contributed by atoms with E-state index in [1.807, 2.05) is 6.92 Å². The molecule has 92 valence electrons. The van der Waals surface area contributed by atoms with E-state index in [-0.39, 0.29) is 12.5 Å². The van der Waals surface area contributed by atoms with Gasteiger partial charge < -0.3 is 5.32 Å². The first-order chi connectivity index (χ1) is 8.02. The van der Waals surface area contributed by atoms with Crippen molar-refractivity contribution in [2.75, 3.05) is 0 Å².